The first kappa shape index (κ1) is 20.5. The van der Waals surface area contributed by atoms with Gasteiger partial charge in [0, 0.05) is 12.6 Å². The molecule has 9 nitrogen and oxygen atoms in total. The predicted molar refractivity (Wildman–Crippen MR) is 115 cm³/mol. The highest BCUT2D eigenvalue weighted by atomic mass is 35.5. The Bertz CT molecular complexity index is 1280. The first-order valence-electron chi connectivity index (χ1n) is 9.36. The van der Waals surface area contributed by atoms with E-state index >= 15 is 0 Å². The van der Waals surface area contributed by atoms with Crippen molar-refractivity contribution in [3.63, 3.8) is 0 Å². The van der Waals surface area contributed by atoms with Crippen molar-refractivity contribution in [3.05, 3.63) is 75.3 Å². The van der Waals surface area contributed by atoms with Crippen molar-refractivity contribution in [2.24, 2.45) is 7.05 Å². The van der Waals surface area contributed by atoms with Gasteiger partial charge < -0.3 is 9.47 Å². The fourth-order valence-corrected chi connectivity index (χ4v) is 3.24. The van der Waals surface area contributed by atoms with E-state index in [1.807, 2.05) is 31.2 Å². The van der Waals surface area contributed by atoms with E-state index < -0.39 is 0 Å². The third-order valence-corrected chi connectivity index (χ3v) is 4.95. The van der Waals surface area contributed by atoms with Crippen molar-refractivity contribution < 1.29 is 9.47 Å². The smallest absolute Gasteiger partial charge is 0.368 e. The molecule has 0 N–H and O–H groups in total. The Kier molecular flexibility index (Phi) is 5.68. The van der Waals surface area contributed by atoms with E-state index in [2.05, 4.69) is 20.6 Å². The van der Waals surface area contributed by atoms with E-state index in [-0.39, 0.29) is 12.3 Å². The molecular weight excluding hydrogens is 420 g/mol. The van der Waals surface area contributed by atoms with Gasteiger partial charge in [0.1, 0.15) is 18.1 Å². The van der Waals surface area contributed by atoms with Crippen LogP contribution in [-0.4, -0.2) is 37.1 Å². The number of halogens is 1. The van der Waals surface area contributed by atoms with Crippen LogP contribution in [0.25, 0.3) is 16.9 Å². The lowest BCUT2D eigenvalue weighted by atomic mass is 10.1. The molecule has 0 radical (unpaired) electrons. The number of hydrogen-bond acceptors (Lipinski definition) is 7. The zero-order chi connectivity index (χ0) is 22.0. The Balaban J connectivity index is 1.63. The van der Waals surface area contributed by atoms with Crippen LogP contribution in [0, 0.1) is 6.92 Å². The molecule has 10 heteroatoms. The second kappa shape index (κ2) is 8.57. The van der Waals surface area contributed by atoms with Gasteiger partial charge in [0.15, 0.2) is 5.15 Å². The zero-order valence-corrected chi connectivity index (χ0v) is 17.9. The fourth-order valence-electron chi connectivity index (χ4n) is 3.14. The standard InChI is InChI=1S/C21H19ClN6O3/c1-13-11-14(16-8-10-20(22)24-23-16)7-9-18(13)31-12-15-17(5-4-6-19(15)30-3)28-21(29)27(2)25-26-28/h4-11H,12H2,1-3H3. The zero-order valence-electron chi connectivity index (χ0n) is 17.1. The summed E-state index contributed by atoms with van der Waals surface area (Å²) in [6.07, 6.45) is 0. The van der Waals surface area contributed by atoms with E-state index in [9.17, 15) is 4.79 Å². The normalized spacial score (nSPS) is 10.8. The van der Waals surface area contributed by atoms with Crippen LogP contribution in [0.2, 0.25) is 5.15 Å². The van der Waals surface area contributed by atoms with Crippen molar-refractivity contribution in [2.75, 3.05) is 7.11 Å². The van der Waals surface area contributed by atoms with E-state index in [0.29, 0.717) is 33.6 Å². The number of hydrogen-bond donors (Lipinski definition) is 0. The molecule has 0 saturated carbocycles. The highest BCUT2D eigenvalue weighted by Crippen LogP contribution is 2.29. The van der Waals surface area contributed by atoms with E-state index in [1.54, 1.807) is 31.4 Å². The Labute approximate surface area is 182 Å². The Morgan fingerprint density at radius 3 is 2.52 bits per heavy atom. The summed E-state index contributed by atoms with van der Waals surface area (Å²) < 4.78 is 13.9. The monoisotopic (exact) mass is 438 g/mol. The minimum Gasteiger partial charge on any atom is -0.496 e. The number of tetrazole rings is 1. The molecule has 0 aliphatic carbocycles. The Hall–Kier alpha value is -3.72. The molecule has 31 heavy (non-hydrogen) atoms. The molecule has 4 aromatic rings. The summed E-state index contributed by atoms with van der Waals surface area (Å²) in [6, 6.07) is 14.6. The van der Waals surface area contributed by atoms with Gasteiger partial charge in [-0.3, -0.25) is 0 Å². The van der Waals surface area contributed by atoms with Crippen LogP contribution in [0.15, 0.2) is 53.3 Å². The van der Waals surface area contributed by atoms with Gasteiger partial charge in [-0.15, -0.1) is 10.2 Å². The van der Waals surface area contributed by atoms with Gasteiger partial charge in [-0.05, 0) is 65.4 Å². The van der Waals surface area contributed by atoms with Crippen molar-refractivity contribution in [1.29, 1.82) is 0 Å². The molecule has 4 rings (SSSR count). The highest BCUT2D eigenvalue weighted by molar-refractivity contribution is 6.29. The average molecular weight is 439 g/mol. The maximum absolute atomic E-state index is 12.3. The number of aromatic nitrogens is 6. The first-order chi connectivity index (χ1) is 15.0. The van der Waals surface area contributed by atoms with Gasteiger partial charge in [-0.1, -0.05) is 17.7 Å². The third kappa shape index (κ3) is 4.13. The summed E-state index contributed by atoms with van der Waals surface area (Å²) in [4.78, 5) is 12.3. The van der Waals surface area contributed by atoms with Crippen LogP contribution in [0.4, 0.5) is 0 Å². The summed E-state index contributed by atoms with van der Waals surface area (Å²) >= 11 is 5.81. The minimum atomic E-state index is -0.362. The maximum Gasteiger partial charge on any atom is 0.368 e. The molecule has 2 aromatic carbocycles. The lowest BCUT2D eigenvalue weighted by Gasteiger charge is -2.15. The second-order valence-corrected chi connectivity index (χ2v) is 7.15. The summed E-state index contributed by atoms with van der Waals surface area (Å²) in [5, 5.41) is 16.0. The molecule has 0 saturated heterocycles. The van der Waals surface area contributed by atoms with E-state index in [4.69, 9.17) is 21.1 Å². The molecule has 2 heterocycles. The molecule has 0 fully saturated rings. The Morgan fingerprint density at radius 1 is 1.03 bits per heavy atom. The second-order valence-electron chi connectivity index (χ2n) is 6.77. The van der Waals surface area contributed by atoms with Crippen LogP contribution >= 0.6 is 11.6 Å². The summed E-state index contributed by atoms with van der Waals surface area (Å²) in [6.45, 7) is 2.11. The molecule has 0 unspecified atom stereocenters. The Morgan fingerprint density at radius 2 is 1.87 bits per heavy atom. The van der Waals surface area contributed by atoms with Crippen molar-refractivity contribution in [3.8, 4) is 28.4 Å². The summed E-state index contributed by atoms with van der Waals surface area (Å²) in [5.74, 6) is 1.27. The van der Waals surface area contributed by atoms with Gasteiger partial charge in [0.05, 0.1) is 24.1 Å². The third-order valence-electron chi connectivity index (χ3n) is 4.75. The lowest BCUT2D eigenvalue weighted by molar-refractivity contribution is 0.294. The van der Waals surface area contributed by atoms with Gasteiger partial charge in [0.25, 0.3) is 0 Å². The number of rotatable bonds is 6. The molecule has 0 aliphatic heterocycles. The molecular formula is C21H19ClN6O3. The van der Waals surface area contributed by atoms with Gasteiger partial charge >= 0.3 is 5.69 Å². The summed E-state index contributed by atoms with van der Waals surface area (Å²) in [5.41, 5.74) is 3.40. The highest BCUT2D eigenvalue weighted by Gasteiger charge is 2.16. The number of nitrogens with zero attached hydrogens (tertiary/aromatic N) is 6. The number of ether oxygens (including phenoxy) is 2. The van der Waals surface area contributed by atoms with Gasteiger partial charge in [0.2, 0.25) is 0 Å². The van der Waals surface area contributed by atoms with E-state index in [1.165, 1.54) is 11.7 Å². The minimum absolute atomic E-state index is 0.170. The van der Waals surface area contributed by atoms with Crippen LogP contribution in [0.5, 0.6) is 11.5 Å². The lowest BCUT2D eigenvalue weighted by Crippen LogP contribution is -2.23. The largest absolute Gasteiger partial charge is 0.496 e. The maximum atomic E-state index is 12.3. The van der Waals surface area contributed by atoms with Gasteiger partial charge in [-0.2, -0.15) is 9.36 Å². The number of aryl methyl sites for hydroxylation is 2. The molecule has 2 aromatic heterocycles. The molecule has 0 spiro atoms. The van der Waals surface area contributed by atoms with Crippen LogP contribution < -0.4 is 15.2 Å². The average Bonchev–Trinajstić information content (AvgIpc) is 3.11. The van der Waals surface area contributed by atoms with Crippen LogP contribution in [0.3, 0.4) is 0 Å². The first-order valence-corrected chi connectivity index (χ1v) is 9.74. The molecule has 0 aliphatic rings. The van der Waals surface area contributed by atoms with Crippen molar-refractivity contribution in [2.45, 2.75) is 13.5 Å². The van der Waals surface area contributed by atoms with Crippen LogP contribution in [0.1, 0.15) is 11.1 Å². The van der Waals surface area contributed by atoms with Crippen molar-refractivity contribution >= 4 is 11.6 Å². The van der Waals surface area contributed by atoms with Crippen LogP contribution in [-0.2, 0) is 13.7 Å². The number of methoxy groups -OCH3 is 1. The molecule has 158 valence electrons. The number of benzene rings is 2. The molecule has 0 atom stereocenters. The molecule has 0 bridgehead atoms. The van der Waals surface area contributed by atoms with E-state index in [0.717, 1.165) is 15.8 Å². The summed E-state index contributed by atoms with van der Waals surface area (Å²) in [7, 11) is 3.10. The fraction of sp³-hybridized carbons (Fsp3) is 0.190. The predicted octanol–water partition coefficient (Wildman–Crippen LogP) is 2.97. The quantitative estimate of drug-likeness (QED) is 0.456. The topological polar surface area (TPSA) is 97.0 Å². The van der Waals surface area contributed by atoms with Gasteiger partial charge in [-0.25, -0.2) is 4.79 Å². The molecule has 0 amide bonds. The SMILES string of the molecule is COc1cccc(-n2nnn(C)c2=O)c1COc1ccc(-c2ccc(Cl)nn2)cc1C. The van der Waals surface area contributed by atoms with Crippen molar-refractivity contribution in [1.82, 2.24) is 30.0 Å².